The van der Waals surface area contributed by atoms with Crippen molar-refractivity contribution in [3.63, 3.8) is 0 Å². The number of methoxy groups -OCH3 is 1. The molecule has 1 saturated heterocycles. The van der Waals surface area contributed by atoms with Gasteiger partial charge in [0.1, 0.15) is 17.7 Å². The van der Waals surface area contributed by atoms with Crippen molar-refractivity contribution in [3.8, 4) is 0 Å². The lowest BCUT2D eigenvalue weighted by molar-refractivity contribution is -0.133. The van der Waals surface area contributed by atoms with Crippen molar-refractivity contribution in [2.75, 3.05) is 18.6 Å². The number of rotatable bonds is 5. The van der Waals surface area contributed by atoms with Crippen molar-refractivity contribution in [1.29, 1.82) is 0 Å². The van der Waals surface area contributed by atoms with Gasteiger partial charge in [-0.25, -0.2) is 9.69 Å². The largest absolute Gasteiger partial charge is 0.464 e. The Balaban J connectivity index is 2.01. The van der Waals surface area contributed by atoms with E-state index in [4.69, 9.17) is 4.74 Å². The van der Waals surface area contributed by atoms with Crippen molar-refractivity contribution in [1.82, 2.24) is 5.01 Å². The minimum atomic E-state index is -1.03. The fourth-order valence-corrected chi connectivity index (χ4v) is 3.55. The van der Waals surface area contributed by atoms with Crippen LogP contribution in [0.4, 0.5) is 5.69 Å². The molecule has 2 atom stereocenters. The number of benzene rings is 1. The Hall–Kier alpha value is -3.03. The minimum Gasteiger partial charge on any atom is -0.464 e. The number of esters is 1. The summed E-state index contributed by atoms with van der Waals surface area (Å²) in [5.41, 5.74) is 2.19. The molecule has 0 N–H and O–H groups in total. The molecule has 0 radical (unpaired) electrons. The maximum atomic E-state index is 13.1. The average molecular weight is 371 g/mol. The zero-order valence-corrected chi connectivity index (χ0v) is 15.7. The Kier molecular flexibility index (Phi) is 4.82. The monoisotopic (exact) mass is 371 g/mol. The van der Waals surface area contributed by atoms with E-state index in [0.717, 1.165) is 16.0 Å². The second-order valence-corrected chi connectivity index (χ2v) is 6.87. The molecule has 8 heteroatoms. The molecule has 0 saturated carbocycles. The smallest absolute Gasteiger partial charge is 0.355 e. The van der Waals surface area contributed by atoms with Crippen LogP contribution in [0.1, 0.15) is 24.5 Å². The predicted octanol–water partition coefficient (Wildman–Crippen LogP) is 0.985. The summed E-state index contributed by atoms with van der Waals surface area (Å²) in [5.74, 6) is -2.82. The quantitative estimate of drug-likeness (QED) is 0.566. The highest BCUT2D eigenvalue weighted by Gasteiger charge is 2.58. The highest BCUT2D eigenvalue weighted by atomic mass is 16.5. The molecular weight excluding hydrogens is 350 g/mol. The van der Waals surface area contributed by atoms with Crippen LogP contribution in [0.25, 0.3) is 0 Å². The van der Waals surface area contributed by atoms with Gasteiger partial charge in [-0.2, -0.15) is 5.10 Å². The molecule has 1 aromatic rings. The highest BCUT2D eigenvalue weighted by molar-refractivity contribution is 6.46. The van der Waals surface area contributed by atoms with Crippen LogP contribution in [0, 0.1) is 19.8 Å². The Morgan fingerprint density at radius 2 is 1.74 bits per heavy atom. The van der Waals surface area contributed by atoms with E-state index in [1.54, 1.807) is 12.1 Å². The summed E-state index contributed by atoms with van der Waals surface area (Å²) in [6, 6.07) is 4.50. The van der Waals surface area contributed by atoms with Gasteiger partial charge >= 0.3 is 5.97 Å². The molecule has 142 valence electrons. The first kappa shape index (κ1) is 18.8. The zero-order chi connectivity index (χ0) is 19.9. The first-order chi connectivity index (χ1) is 12.7. The Morgan fingerprint density at radius 3 is 2.30 bits per heavy atom. The van der Waals surface area contributed by atoms with E-state index in [1.807, 2.05) is 19.9 Å². The molecule has 2 heterocycles. The highest BCUT2D eigenvalue weighted by Crippen LogP contribution is 2.36. The number of hydrogen-bond acceptors (Lipinski definition) is 7. The van der Waals surface area contributed by atoms with Crippen LogP contribution in [0.2, 0.25) is 0 Å². The third-order valence-electron chi connectivity index (χ3n) is 4.68. The van der Waals surface area contributed by atoms with E-state index in [2.05, 4.69) is 5.10 Å². The summed E-state index contributed by atoms with van der Waals surface area (Å²) in [6.45, 7) is 5.34. The van der Waals surface area contributed by atoms with Crippen LogP contribution in [0.5, 0.6) is 0 Å². The number of imide groups is 1. The first-order valence-corrected chi connectivity index (χ1v) is 8.63. The molecule has 3 rings (SSSR count). The third-order valence-corrected chi connectivity index (χ3v) is 4.68. The van der Waals surface area contributed by atoms with Gasteiger partial charge in [0.05, 0.1) is 12.8 Å². The molecule has 0 aromatic heterocycles. The molecule has 2 aliphatic heterocycles. The van der Waals surface area contributed by atoms with Crippen molar-refractivity contribution < 1.29 is 23.9 Å². The molecule has 0 bridgehead atoms. The third kappa shape index (κ3) is 3.22. The number of nitrogens with zero attached hydrogens (tertiary/aromatic N) is 3. The van der Waals surface area contributed by atoms with Gasteiger partial charge < -0.3 is 4.74 Å². The number of ether oxygens (including phenoxy) is 1. The van der Waals surface area contributed by atoms with Crippen LogP contribution in [0.15, 0.2) is 23.3 Å². The molecular formula is C19H21N3O5. The number of aryl methyl sites for hydroxylation is 2. The van der Waals surface area contributed by atoms with Gasteiger partial charge in [0.15, 0.2) is 5.71 Å². The van der Waals surface area contributed by atoms with Gasteiger partial charge in [-0.1, -0.05) is 6.07 Å². The SMILES string of the molecule is COC(=O)C1=NN(CCC(C)=O)[C@H]2C(=O)N(c3cc(C)cc(C)c3)C(=O)[C@@H]12. The average Bonchev–Trinajstić information content (AvgIpc) is 3.08. The summed E-state index contributed by atoms with van der Waals surface area (Å²) in [4.78, 5) is 50.7. The standard InChI is InChI=1S/C19H21N3O5/c1-10-7-11(2)9-13(8-10)22-17(24)14-15(19(26)27-4)20-21(6-5-12(3)23)16(14)18(22)25/h7-9,14,16H,5-6H2,1-4H3/t14-,16+/m0/s1. The van der Waals surface area contributed by atoms with Gasteiger partial charge in [-0.05, 0) is 44.0 Å². The summed E-state index contributed by atoms with van der Waals surface area (Å²) in [5, 5.41) is 5.50. The van der Waals surface area contributed by atoms with Crippen LogP contribution in [0.3, 0.4) is 0 Å². The van der Waals surface area contributed by atoms with Crippen molar-refractivity contribution >= 4 is 35.0 Å². The van der Waals surface area contributed by atoms with Crippen LogP contribution in [-0.2, 0) is 23.9 Å². The number of anilines is 1. The maximum absolute atomic E-state index is 13.1. The molecule has 2 aliphatic rings. The lowest BCUT2D eigenvalue weighted by Crippen LogP contribution is -2.40. The Labute approximate surface area is 156 Å². The molecule has 27 heavy (non-hydrogen) atoms. The minimum absolute atomic E-state index is 0.0730. The van der Waals surface area contributed by atoms with Gasteiger partial charge in [0, 0.05) is 13.0 Å². The van der Waals surface area contributed by atoms with Gasteiger partial charge in [-0.3, -0.25) is 19.4 Å². The second kappa shape index (κ2) is 6.94. The van der Waals surface area contributed by atoms with E-state index in [9.17, 15) is 19.2 Å². The van der Waals surface area contributed by atoms with Crippen LogP contribution in [-0.4, -0.2) is 54.0 Å². The molecule has 8 nitrogen and oxygen atoms in total. The van der Waals surface area contributed by atoms with E-state index in [-0.39, 0.29) is 24.5 Å². The summed E-state index contributed by atoms with van der Waals surface area (Å²) >= 11 is 0. The molecule has 0 aliphatic carbocycles. The van der Waals surface area contributed by atoms with Gasteiger partial charge in [0.2, 0.25) is 5.91 Å². The molecule has 0 spiro atoms. The summed E-state index contributed by atoms with van der Waals surface area (Å²) < 4.78 is 4.73. The number of ketones is 1. The maximum Gasteiger partial charge on any atom is 0.355 e. The normalized spacial score (nSPS) is 21.4. The number of fused-ring (bicyclic) bond motifs is 1. The topological polar surface area (TPSA) is 96.3 Å². The first-order valence-electron chi connectivity index (χ1n) is 8.63. The Bertz CT molecular complexity index is 856. The number of amides is 2. The van der Waals surface area contributed by atoms with E-state index in [1.165, 1.54) is 19.0 Å². The fourth-order valence-electron chi connectivity index (χ4n) is 3.55. The second-order valence-electron chi connectivity index (χ2n) is 6.87. The number of Topliss-reactive ketones (excluding diaryl/α,β-unsaturated/α-hetero) is 1. The number of carbonyl (C=O) groups is 4. The lowest BCUT2D eigenvalue weighted by Gasteiger charge is -2.22. The number of hydrogen-bond donors (Lipinski definition) is 0. The molecule has 2 amide bonds. The van der Waals surface area contributed by atoms with Crippen LogP contribution < -0.4 is 4.90 Å². The predicted molar refractivity (Wildman–Crippen MR) is 97.1 cm³/mol. The van der Waals surface area contributed by atoms with Crippen molar-refractivity contribution in [2.45, 2.75) is 33.2 Å². The number of hydrazone groups is 1. The zero-order valence-electron chi connectivity index (χ0n) is 15.7. The van der Waals surface area contributed by atoms with E-state index >= 15 is 0 Å². The van der Waals surface area contributed by atoms with Crippen molar-refractivity contribution in [2.24, 2.45) is 11.0 Å². The molecule has 0 unspecified atom stereocenters. The van der Waals surface area contributed by atoms with Crippen LogP contribution >= 0.6 is 0 Å². The molecule has 1 aromatic carbocycles. The number of carbonyl (C=O) groups excluding carboxylic acids is 4. The van der Waals surface area contributed by atoms with Crippen molar-refractivity contribution in [3.05, 3.63) is 29.3 Å². The summed E-state index contributed by atoms with van der Waals surface area (Å²) in [7, 11) is 1.20. The fraction of sp³-hybridized carbons (Fsp3) is 0.421. The van der Waals surface area contributed by atoms with E-state index < -0.39 is 29.7 Å². The Morgan fingerprint density at radius 1 is 1.11 bits per heavy atom. The molecule has 1 fully saturated rings. The van der Waals surface area contributed by atoms with Gasteiger partial charge in [-0.15, -0.1) is 0 Å². The lowest BCUT2D eigenvalue weighted by atomic mass is 9.98. The van der Waals surface area contributed by atoms with E-state index in [0.29, 0.717) is 5.69 Å². The summed E-state index contributed by atoms with van der Waals surface area (Å²) in [6.07, 6.45) is 0.159. The van der Waals surface area contributed by atoms with Gasteiger partial charge in [0.25, 0.3) is 5.91 Å².